The molecule has 0 amide bonds. The molecule has 4 aliphatic carbocycles. The second-order valence-electron chi connectivity index (χ2n) is 9.10. The Labute approximate surface area is 154 Å². The SMILES string of the molecule is C=C1C[C@H]2[C@@H]3CC[C@H](OC(C)=O)[C@@]3(C)CC[C@@H]2[C@@]2(C)C=C(F)C(=O)C=C12. The monoisotopic (exact) mass is 358 g/mol. The van der Waals surface area contributed by atoms with Crippen LogP contribution in [-0.4, -0.2) is 17.9 Å². The third kappa shape index (κ3) is 2.30. The summed E-state index contributed by atoms with van der Waals surface area (Å²) in [6.07, 6.45) is 7.70. The molecule has 0 aromatic carbocycles. The van der Waals surface area contributed by atoms with Crippen LogP contribution in [0.3, 0.4) is 0 Å². The van der Waals surface area contributed by atoms with Gasteiger partial charge in [-0.05, 0) is 67.6 Å². The molecular weight excluding hydrogens is 331 g/mol. The summed E-state index contributed by atoms with van der Waals surface area (Å²) in [6.45, 7) is 10.0. The van der Waals surface area contributed by atoms with E-state index in [0.717, 1.165) is 43.3 Å². The van der Waals surface area contributed by atoms with Crippen molar-refractivity contribution in [3.8, 4) is 0 Å². The number of esters is 1. The fraction of sp³-hybridized carbons (Fsp3) is 0.636. The fourth-order valence-electron chi connectivity index (χ4n) is 6.61. The minimum Gasteiger partial charge on any atom is -0.462 e. The molecule has 26 heavy (non-hydrogen) atoms. The molecule has 3 saturated carbocycles. The van der Waals surface area contributed by atoms with E-state index in [1.54, 1.807) is 6.08 Å². The summed E-state index contributed by atoms with van der Waals surface area (Å²) >= 11 is 0. The highest BCUT2D eigenvalue weighted by Gasteiger charge is 2.60. The normalized spacial score (nSPS) is 44.5. The summed E-state index contributed by atoms with van der Waals surface area (Å²) in [5, 5.41) is 0. The van der Waals surface area contributed by atoms with E-state index in [4.69, 9.17) is 4.74 Å². The van der Waals surface area contributed by atoms with E-state index in [1.807, 2.05) is 0 Å². The summed E-state index contributed by atoms with van der Waals surface area (Å²) in [6, 6.07) is 0. The zero-order valence-corrected chi connectivity index (χ0v) is 15.8. The Kier molecular flexibility index (Phi) is 3.84. The van der Waals surface area contributed by atoms with Gasteiger partial charge in [0.2, 0.25) is 5.78 Å². The maximum Gasteiger partial charge on any atom is 0.302 e. The molecule has 0 bridgehead atoms. The van der Waals surface area contributed by atoms with Crippen molar-refractivity contribution >= 4 is 11.8 Å². The number of ether oxygens (including phenoxy) is 1. The van der Waals surface area contributed by atoms with Crippen LogP contribution in [0.4, 0.5) is 4.39 Å². The van der Waals surface area contributed by atoms with Crippen LogP contribution in [0.5, 0.6) is 0 Å². The van der Waals surface area contributed by atoms with Gasteiger partial charge in [0.25, 0.3) is 0 Å². The number of fused-ring (bicyclic) bond motifs is 5. The van der Waals surface area contributed by atoms with E-state index in [9.17, 15) is 14.0 Å². The molecule has 4 rings (SSSR count). The van der Waals surface area contributed by atoms with Gasteiger partial charge in [0.1, 0.15) is 6.10 Å². The van der Waals surface area contributed by atoms with Gasteiger partial charge >= 0.3 is 5.97 Å². The molecule has 0 unspecified atom stereocenters. The summed E-state index contributed by atoms with van der Waals surface area (Å²) < 4.78 is 19.9. The predicted molar refractivity (Wildman–Crippen MR) is 96.7 cm³/mol. The van der Waals surface area contributed by atoms with Crippen LogP contribution in [0.1, 0.15) is 52.9 Å². The number of halogens is 1. The van der Waals surface area contributed by atoms with E-state index in [0.29, 0.717) is 17.8 Å². The van der Waals surface area contributed by atoms with Gasteiger partial charge in [-0.25, -0.2) is 4.39 Å². The van der Waals surface area contributed by atoms with Gasteiger partial charge in [-0.2, -0.15) is 0 Å². The van der Waals surface area contributed by atoms with Crippen LogP contribution in [-0.2, 0) is 14.3 Å². The van der Waals surface area contributed by atoms with Gasteiger partial charge in [-0.1, -0.05) is 26.0 Å². The van der Waals surface area contributed by atoms with Gasteiger partial charge in [-0.3, -0.25) is 9.59 Å². The van der Waals surface area contributed by atoms with Crippen LogP contribution >= 0.6 is 0 Å². The zero-order valence-electron chi connectivity index (χ0n) is 15.8. The zero-order chi connectivity index (χ0) is 18.9. The Morgan fingerprint density at radius 3 is 2.69 bits per heavy atom. The van der Waals surface area contributed by atoms with Gasteiger partial charge < -0.3 is 4.74 Å². The smallest absolute Gasteiger partial charge is 0.302 e. The second kappa shape index (κ2) is 5.64. The quantitative estimate of drug-likeness (QED) is 0.639. The largest absolute Gasteiger partial charge is 0.462 e. The molecule has 3 nitrogen and oxygen atoms in total. The van der Waals surface area contributed by atoms with Crippen molar-refractivity contribution in [1.82, 2.24) is 0 Å². The van der Waals surface area contributed by atoms with Crippen molar-refractivity contribution in [3.05, 3.63) is 35.7 Å². The molecule has 0 aromatic heterocycles. The Morgan fingerprint density at radius 2 is 2.00 bits per heavy atom. The summed E-state index contributed by atoms with van der Waals surface area (Å²) in [7, 11) is 0. The predicted octanol–water partition coefficient (Wildman–Crippen LogP) is 4.69. The van der Waals surface area contributed by atoms with Crippen molar-refractivity contribution < 1.29 is 18.7 Å². The molecule has 0 aromatic rings. The number of ketones is 1. The lowest BCUT2D eigenvalue weighted by atomic mass is 9.47. The van der Waals surface area contributed by atoms with Crippen molar-refractivity contribution in [3.63, 3.8) is 0 Å². The molecule has 3 fully saturated rings. The van der Waals surface area contributed by atoms with E-state index in [-0.39, 0.29) is 17.5 Å². The molecule has 4 heteroatoms. The average Bonchev–Trinajstić information content (AvgIpc) is 2.87. The highest BCUT2D eigenvalue weighted by Crippen LogP contribution is 2.65. The Bertz CT molecular complexity index is 763. The maximum atomic E-state index is 14.2. The third-order valence-corrected chi connectivity index (χ3v) is 7.81. The topological polar surface area (TPSA) is 43.4 Å². The van der Waals surface area contributed by atoms with Crippen LogP contribution < -0.4 is 0 Å². The molecule has 0 saturated heterocycles. The number of hydrogen-bond donors (Lipinski definition) is 0. The maximum absolute atomic E-state index is 14.2. The van der Waals surface area contributed by atoms with Gasteiger partial charge in [0.15, 0.2) is 5.83 Å². The average molecular weight is 358 g/mol. The fourth-order valence-corrected chi connectivity index (χ4v) is 6.61. The van der Waals surface area contributed by atoms with Crippen LogP contribution in [0.15, 0.2) is 35.7 Å². The van der Waals surface area contributed by atoms with E-state index in [1.165, 1.54) is 13.0 Å². The van der Waals surface area contributed by atoms with Crippen molar-refractivity contribution in [1.29, 1.82) is 0 Å². The standard InChI is InChI=1S/C22H27FO3/c1-12-9-14-15-5-6-20(26-13(2)24)21(15,3)8-7-16(14)22(4)11-18(23)19(25)10-17(12)22/h10-11,14-16,20H,1,5-9H2,2-4H3/t14-,15-,16-,20-,21-,22+/m0/s1. The molecule has 0 aliphatic heterocycles. The van der Waals surface area contributed by atoms with Crippen molar-refractivity contribution in [2.24, 2.45) is 28.6 Å². The first kappa shape index (κ1) is 17.7. The first-order valence-corrected chi connectivity index (χ1v) is 9.67. The summed E-state index contributed by atoms with van der Waals surface area (Å²) in [5.74, 6) is -0.251. The number of carbonyl (C=O) groups is 2. The molecule has 6 atom stereocenters. The lowest BCUT2D eigenvalue weighted by molar-refractivity contribution is -0.156. The van der Waals surface area contributed by atoms with Crippen molar-refractivity contribution in [2.75, 3.05) is 0 Å². The Morgan fingerprint density at radius 1 is 1.27 bits per heavy atom. The number of allylic oxidation sites excluding steroid dienone is 5. The second-order valence-corrected chi connectivity index (χ2v) is 9.10. The van der Waals surface area contributed by atoms with Crippen molar-refractivity contribution in [2.45, 2.75) is 59.0 Å². The highest BCUT2D eigenvalue weighted by atomic mass is 19.1. The lowest BCUT2D eigenvalue weighted by Gasteiger charge is -2.57. The Balaban J connectivity index is 1.70. The van der Waals surface area contributed by atoms with E-state index < -0.39 is 17.0 Å². The molecule has 140 valence electrons. The van der Waals surface area contributed by atoms with Gasteiger partial charge in [0, 0.05) is 17.8 Å². The first-order valence-electron chi connectivity index (χ1n) is 9.67. The third-order valence-electron chi connectivity index (χ3n) is 7.81. The van der Waals surface area contributed by atoms with Crippen LogP contribution in [0, 0.1) is 28.6 Å². The van der Waals surface area contributed by atoms with E-state index in [2.05, 4.69) is 20.4 Å². The molecule has 0 heterocycles. The van der Waals surface area contributed by atoms with E-state index >= 15 is 0 Å². The minimum atomic E-state index is -0.637. The molecule has 0 N–H and O–H groups in total. The number of rotatable bonds is 1. The highest BCUT2D eigenvalue weighted by molar-refractivity contribution is 6.04. The summed E-state index contributed by atoms with van der Waals surface area (Å²) in [5.41, 5.74) is 1.41. The summed E-state index contributed by atoms with van der Waals surface area (Å²) in [4.78, 5) is 23.4. The molecule has 4 aliphatic rings. The first-order chi connectivity index (χ1) is 12.2. The minimum absolute atomic E-state index is 0.0164. The lowest BCUT2D eigenvalue weighted by Crippen LogP contribution is -2.51. The molecule has 0 spiro atoms. The molecule has 0 radical (unpaired) electrons. The number of hydrogen-bond acceptors (Lipinski definition) is 3. The van der Waals surface area contributed by atoms with Gasteiger partial charge in [-0.15, -0.1) is 0 Å². The van der Waals surface area contributed by atoms with Crippen LogP contribution in [0.2, 0.25) is 0 Å². The molecular formula is C22H27FO3. The number of carbonyl (C=O) groups excluding carboxylic acids is 2. The Hall–Kier alpha value is -1.71. The van der Waals surface area contributed by atoms with Gasteiger partial charge in [0.05, 0.1) is 0 Å². The van der Waals surface area contributed by atoms with Crippen LogP contribution in [0.25, 0.3) is 0 Å².